The fourth-order valence-electron chi connectivity index (χ4n) is 3.13. The molecule has 0 aliphatic carbocycles. The van der Waals surface area contributed by atoms with E-state index in [1.54, 1.807) is 18.5 Å². The minimum Gasteiger partial charge on any atom is -0.379 e. The predicted molar refractivity (Wildman–Crippen MR) is 88.1 cm³/mol. The number of hydrogen-bond acceptors (Lipinski definition) is 3. The number of ether oxygens (including phenoxy) is 1. The highest BCUT2D eigenvalue weighted by Crippen LogP contribution is 2.35. The standard InChI is InChI=1S/C18H15F2N3O2/c19-11-3-4-15(20)14(8-11)16-17(13-2-1-6-21-18(13)24)23(10-22-16)12-5-7-25-9-12/h1-4,6,8,10,12H,5,7,9H2,(H,21,24). The molecule has 1 aliphatic rings. The van der Waals surface area contributed by atoms with E-state index in [-0.39, 0.29) is 22.9 Å². The van der Waals surface area contributed by atoms with Gasteiger partial charge in [0.15, 0.2) is 0 Å². The zero-order valence-corrected chi connectivity index (χ0v) is 13.2. The van der Waals surface area contributed by atoms with Crippen LogP contribution in [0.3, 0.4) is 0 Å². The number of pyridine rings is 1. The SMILES string of the molecule is O=c1[nH]cccc1-c1c(-c2cc(F)ccc2F)ncn1C1CCOC1. The number of halogens is 2. The zero-order chi connectivity index (χ0) is 17.4. The normalized spacial score (nSPS) is 17.1. The Morgan fingerprint density at radius 1 is 1.24 bits per heavy atom. The molecule has 1 atom stereocenters. The van der Waals surface area contributed by atoms with Gasteiger partial charge in [-0.25, -0.2) is 13.8 Å². The van der Waals surface area contributed by atoms with Crippen LogP contribution < -0.4 is 5.56 Å². The van der Waals surface area contributed by atoms with E-state index in [0.29, 0.717) is 24.5 Å². The van der Waals surface area contributed by atoms with Crippen molar-refractivity contribution in [3.05, 3.63) is 64.8 Å². The highest BCUT2D eigenvalue weighted by molar-refractivity contribution is 5.78. The Morgan fingerprint density at radius 2 is 2.12 bits per heavy atom. The zero-order valence-electron chi connectivity index (χ0n) is 13.2. The summed E-state index contributed by atoms with van der Waals surface area (Å²) in [6.07, 6.45) is 3.84. The van der Waals surface area contributed by atoms with Gasteiger partial charge < -0.3 is 14.3 Å². The molecule has 0 saturated carbocycles. The molecule has 1 N–H and O–H groups in total. The van der Waals surface area contributed by atoms with Gasteiger partial charge in [-0.05, 0) is 36.8 Å². The van der Waals surface area contributed by atoms with Gasteiger partial charge in [0, 0.05) is 18.4 Å². The molecule has 0 radical (unpaired) electrons. The van der Waals surface area contributed by atoms with Crippen molar-refractivity contribution in [2.75, 3.05) is 13.2 Å². The summed E-state index contributed by atoms with van der Waals surface area (Å²) in [6.45, 7) is 1.09. The molecule has 4 rings (SSSR count). The maximum atomic E-state index is 14.3. The monoisotopic (exact) mass is 343 g/mol. The van der Waals surface area contributed by atoms with Gasteiger partial charge in [-0.15, -0.1) is 0 Å². The highest BCUT2D eigenvalue weighted by atomic mass is 19.1. The summed E-state index contributed by atoms with van der Waals surface area (Å²) in [7, 11) is 0. The lowest BCUT2D eigenvalue weighted by atomic mass is 10.0. The summed E-state index contributed by atoms with van der Waals surface area (Å²) in [4.78, 5) is 19.2. The second kappa shape index (κ2) is 6.25. The first-order valence-electron chi connectivity index (χ1n) is 7.93. The van der Waals surface area contributed by atoms with Gasteiger partial charge in [0.2, 0.25) is 0 Å². The summed E-state index contributed by atoms with van der Waals surface area (Å²) >= 11 is 0. The second-order valence-corrected chi connectivity index (χ2v) is 5.90. The lowest BCUT2D eigenvalue weighted by molar-refractivity contribution is 0.187. The van der Waals surface area contributed by atoms with Crippen LogP contribution in [0.2, 0.25) is 0 Å². The lowest BCUT2D eigenvalue weighted by Gasteiger charge is -2.15. The first kappa shape index (κ1) is 15.7. The largest absolute Gasteiger partial charge is 0.379 e. The smallest absolute Gasteiger partial charge is 0.257 e. The third-order valence-corrected chi connectivity index (χ3v) is 4.35. The van der Waals surface area contributed by atoms with Crippen LogP contribution in [-0.2, 0) is 4.74 Å². The molecule has 5 nitrogen and oxygen atoms in total. The molecule has 0 bridgehead atoms. The molecule has 1 saturated heterocycles. The summed E-state index contributed by atoms with van der Waals surface area (Å²) in [5, 5.41) is 0. The van der Waals surface area contributed by atoms with Crippen LogP contribution >= 0.6 is 0 Å². The van der Waals surface area contributed by atoms with Crippen LogP contribution in [0.1, 0.15) is 12.5 Å². The Bertz CT molecular complexity index is 974. The van der Waals surface area contributed by atoms with Gasteiger partial charge in [-0.1, -0.05) is 0 Å². The van der Waals surface area contributed by atoms with Gasteiger partial charge in [0.05, 0.1) is 35.9 Å². The molecular formula is C18H15F2N3O2. The predicted octanol–water partition coefficient (Wildman–Crippen LogP) is 3.15. The summed E-state index contributed by atoms with van der Waals surface area (Å²) in [5.41, 5.74) is 0.755. The average Bonchev–Trinajstić information content (AvgIpc) is 3.26. The van der Waals surface area contributed by atoms with Crippen molar-refractivity contribution < 1.29 is 13.5 Å². The summed E-state index contributed by atoms with van der Waals surface area (Å²) < 4.78 is 35.2. The molecule has 25 heavy (non-hydrogen) atoms. The van der Waals surface area contributed by atoms with Crippen LogP contribution in [0.5, 0.6) is 0 Å². The molecule has 3 heterocycles. The van der Waals surface area contributed by atoms with E-state index < -0.39 is 11.6 Å². The van der Waals surface area contributed by atoms with Crippen LogP contribution in [0.4, 0.5) is 8.78 Å². The van der Waals surface area contributed by atoms with E-state index >= 15 is 0 Å². The van der Waals surface area contributed by atoms with Crippen LogP contribution in [0.15, 0.2) is 47.7 Å². The van der Waals surface area contributed by atoms with E-state index in [2.05, 4.69) is 9.97 Å². The maximum Gasteiger partial charge on any atom is 0.257 e. The lowest BCUT2D eigenvalue weighted by Crippen LogP contribution is -2.14. The van der Waals surface area contributed by atoms with E-state index in [1.165, 1.54) is 6.20 Å². The molecule has 1 aromatic carbocycles. The minimum atomic E-state index is -0.595. The van der Waals surface area contributed by atoms with Crippen LogP contribution in [0, 0.1) is 11.6 Å². The number of nitrogens with zero attached hydrogens (tertiary/aromatic N) is 2. The van der Waals surface area contributed by atoms with Crippen LogP contribution in [-0.4, -0.2) is 27.7 Å². The summed E-state index contributed by atoms with van der Waals surface area (Å²) in [5.74, 6) is -1.16. The van der Waals surface area contributed by atoms with Crippen molar-refractivity contribution in [2.45, 2.75) is 12.5 Å². The number of imidazole rings is 1. The van der Waals surface area contributed by atoms with Crippen LogP contribution in [0.25, 0.3) is 22.5 Å². The van der Waals surface area contributed by atoms with Crippen molar-refractivity contribution in [3.8, 4) is 22.5 Å². The average molecular weight is 343 g/mol. The Balaban J connectivity index is 1.98. The molecule has 1 fully saturated rings. The molecule has 0 spiro atoms. The molecule has 1 unspecified atom stereocenters. The van der Waals surface area contributed by atoms with Gasteiger partial charge >= 0.3 is 0 Å². The summed E-state index contributed by atoms with van der Waals surface area (Å²) in [6, 6.07) is 6.52. The van der Waals surface area contributed by atoms with Crippen molar-refractivity contribution in [1.29, 1.82) is 0 Å². The van der Waals surface area contributed by atoms with E-state index in [1.807, 2.05) is 4.57 Å². The minimum absolute atomic E-state index is 0.00697. The van der Waals surface area contributed by atoms with Crippen molar-refractivity contribution in [1.82, 2.24) is 14.5 Å². The second-order valence-electron chi connectivity index (χ2n) is 5.90. The fourth-order valence-corrected chi connectivity index (χ4v) is 3.13. The van der Waals surface area contributed by atoms with Crippen molar-refractivity contribution in [3.63, 3.8) is 0 Å². The topological polar surface area (TPSA) is 59.9 Å². The number of aromatic nitrogens is 3. The Morgan fingerprint density at radius 3 is 2.88 bits per heavy atom. The first-order chi connectivity index (χ1) is 12.1. The number of rotatable bonds is 3. The first-order valence-corrected chi connectivity index (χ1v) is 7.93. The molecule has 128 valence electrons. The van der Waals surface area contributed by atoms with Gasteiger partial charge in [-0.2, -0.15) is 0 Å². The molecule has 1 aliphatic heterocycles. The van der Waals surface area contributed by atoms with E-state index in [0.717, 1.165) is 24.6 Å². The van der Waals surface area contributed by atoms with Gasteiger partial charge in [0.25, 0.3) is 5.56 Å². The number of aromatic amines is 1. The van der Waals surface area contributed by atoms with E-state index in [9.17, 15) is 13.6 Å². The van der Waals surface area contributed by atoms with Gasteiger partial charge in [0.1, 0.15) is 11.6 Å². The third kappa shape index (κ3) is 2.76. The molecule has 0 amide bonds. The molecule has 2 aromatic heterocycles. The van der Waals surface area contributed by atoms with E-state index in [4.69, 9.17) is 4.74 Å². The Labute approximate surface area is 141 Å². The number of H-pyrrole nitrogens is 1. The number of hydrogen-bond donors (Lipinski definition) is 1. The van der Waals surface area contributed by atoms with Gasteiger partial charge in [-0.3, -0.25) is 4.79 Å². The molecule has 7 heteroatoms. The third-order valence-electron chi connectivity index (χ3n) is 4.35. The Kier molecular flexibility index (Phi) is 3.93. The molecule has 3 aromatic rings. The number of benzene rings is 1. The quantitative estimate of drug-likeness (QED) is 0.795. The fraction of sp³-hybridized carbons (Fsp3) is 0.222. The highest BCUT2D eigenvalue weighted by Gasteiger charge is 2.26. The van der Waals surface area contributed by atoms with Crippen molar-refractivity contribution in [2.24, 2.45) is 0 Å². The van der Waals surface area contributed by atoms with Crippen molar-refractivity contribution >= 4 is 0 Å². The Hall–Kier alpha value is -2.80. The number of nitrogens with one attached hydrogen (secondary N) is 1. The molecular weight excluding hydrogens is 328 g/mol. The maximum absolute atomic E-state index is 14.3.